The van der Waals surface area contributed by atoms with Crippen molar-refractivity contribution < 1.29 is 14.8 Å². The van der Waals surface area contributed by atoms with Gasteiger partial charge < -0.3 is 10.0 Å². The highest BCUT2D eigenvalue weighted by atomic mass is 16.6. The zero-order valence-corrected chi connectivity index (χ0v) is 19.0. The van der Waals surface area contributed by atoms with Gasteiger partial charge in [0.2, 0.25) is 5.91 Å². The van der Waals surface area contributed by atoms with E-state index in [0.717, 1.165) is 43.2 Å². The van der Waals surface area contributed by atoms with Crippen molar-refractivity contribution in [2.45, 2.75) is 58.1 Å². The topological polar surface area (TPSA) is 83.7 Å². The summed E-state index contributed by atoms with van der Waals surface area (Å²) in [6.45, 7) is 4.58. The van der Waals surface area contributed by atoms with Gasteiger partial charge in [-0.25, -0.2) is 0 Å². The van der Waals surface area contributed by atoms with Crippen LogP contribution in [0.4, 0.5) is 5.69 Å². The third-order valence-electron chi connectivity index (χ3n) is 9.45. The molecule has 0 bridgehead atoms. The van der Waals surface area contributed by atoms with Crippen LogP contribution in [-0.4, -0.2) is 40.0 Å². The zero-order chi connectivity index (χ0) is 22.8. The number of hydrogen-bond donors (Lipinski definition) is 1. The van der Waals surface area contributed by atoms with Crippen LogP contribution < -0.4 is 0 Å². The van der Waals surface area contributed by atoms with Crippen LogP contribution in [0.5, 0.6) is 0 Å². The lowest BCUT2D eigenvalue weighted by molar-refractivity contribution is -0.384. The zero-order valence-electron chi connectivity index (χ0n) is 19.0. The minimum atomic E-state index is -0.486. The molecule has 0 saturated heterocycles. The molecular formula is C26H32N2O4. The van der Waals surface area contributed by atoms with E-state index in [1.165, 1.54) is 12.1 Å². The largest absolute Gasteiger partial charge is 0.388 e. The number of fused-ring (bicyclic) bond motifs is 5. The number of non-ortho nitro benzene ring substituents is 1. The van der Waals surface area contributed by atoms with Crippen LogP contribution in [0.25, 0.3) is 6.08 Å². The molecule has 1 amide bonds. The molecule has 6 nitrogen and oxygen atoms in total. The maximum atomic E-state index is 12.3. The highest BCUT2D eigenvalue weighted by molar-refractivity contribution is 5.89. The molecule has 0 radical (unpaired) electrons. The first-order valence-corrected chi connectivity index (χ1v) is 11.7. The van der Waals surface area contributed by atoms with E-state index in [2.05, 4.69) is 19.9 Å². The smallest absolute Gasteiger partial charge is 0.269 e. The van der Waals surface area contributed by atoms with Gasteiger partial charge in [-0.3, -0.25) is 14.9 Å². The Morgan fingerprint density at radius 3 is 2.56 bits per heavy atom. The molecule has 5 rings (SSSR count). The predicted molar refractivity (Wildman–Crippen MR) is 123 cm³/mol. The van der Waals surface area contributed by atoms with Gasteiger partial charge in [0, 0.05) is 36.1 Å². The average molecular weight is 437 g/mol. The number of aliphatic hydroxyl groups excluding tert-OH is 1. The molecule has 170 valence electrons. The second-order valence-electron chi connectivity index (χ2n) is 10.8. The Balaban J connectivity index is 1.44. The van der Waals surface area contributed by atoms with Crippen molar-refractivity contribution in [2.24, 2.45) is 28.6 Å². The molecule has 0 aromatic heterocycles. The van der Waals surface area contributed by atoms with Crippen LogP contribution >= 0.6 is 0 Å². The molecule has 3 fully saturated rings. The maximum Gasteiger partial charge on any atom is 0.269 e. The molecular weight excluding hydrogens is 404 g/mol. The van der Waals surface area contributed by atoms with Crippen molar-refractivity contribution in [1.82, 2.24) is 4.90 Å². The molecule has 1 aliphatic heterocycles. The summed E-state index contributed by atoms with van der Waals surface area (Å²) in [6, 6.07) is 6.82. The second kappa shape index (κ2) is 7.27. The number of aliphatic hydroxyl groups is 1. The van der Waals surface area contributed by atoms with Gasteiger partial charge >= 0.3 is 0 Å². The third kappa shape index (κ3) is 2.99. The minimum Gasteiger partial charge on any atom is -0.388 e. The molecule has 1 aromatic carbocycles. The van der Waals surface area contributed by atoms with Crippen LogP contribution in [0, 0.1) is 38.7 Å². The Morgan fingerprint density at radius 2 is 1.88 bits per heavy atom. The highest BCUT2D eigenvalue weighted by Gasteiger charge is 2.61. The number of hydrogen-bond acceptors (Lipinski definition) is 4. The quantitative estimate of drug-likeness (QED) is 0.543. The number of likely N-dealkylation sites (N-methyl/N-ethyl adjacent to an activating group) is 1. The van der Waals surface area contributed by atoms with Crippen LogP contribution in [0.3, 0.4) is 0 Å². The second-order valence-corrected chi connectivity index (χ2v) is 10.8. The lowest BCUT2D eigenvalue weighted by Gasteiger charge is -2.59. The maximum absolute atomic E-state index is 12.3. The van der Waals surface area contributed by atoms with Gasteiger partial charge in [-0.1, -0.05) is 26.0 Å². The van der Waals surface area contributed by atoms with E-state index >= 15 is 0 Å². The van der Waals surface area contributed by atoms with Gasteiger partial charge in [0.15, 0.2) is 0 Å². The van der Waals surface area contributed by atoms with Gasteiger partial charge in [0.1, 0.15) is 0 Å². The first-order chi connectivity index (χ1) is 15.1. The van der Waals surface area contributed by atoms with E-state index in [-0.39, 0.29) is 28.5 Å². The standard InChI is InChI=1S/C26H32N2O4/c1-25-13-11-23(29)27(3)22(25)9-8-19-20(25)10-12-26(2)21(19)15-17(24(26)30)14-16-4-6-18(7-5-16)28(31)32/h4-7,11,13-14,19-22,24,30H,8-10,12,15H2,1-3H3/t19-,20-,21+,22?,24?,25-,26+/m1/s1. The van der Waals surface area contributed by atoms with Crippen molar-refractivity contribution in [3.63, 3.8) is 0 Å². The third-order valence-corrected chi connectivity index (χ3v) is 9.45. The molecule has 3 aliphatic carbocycles. The normalized spacial score (nSPS) is 41.9. The Bertz CT molecular complexity index is 1020. The number of nitro groups is 1. The first kappa shape index (κ1) is 21.4. The van der Waals surface area contributed by atoms with Crippen LogP contribution in [0.2, 0.25) is 0 Å². The van der Waals surface area contributed by atoms with E-state index in [9.17, 15) is 20.0 Å². The summed E-state index contributed by atoms with van der Waals surface area (Å²) < 4.78 is 0. The number of rotatable bonds is 2. The predicted octanol–water partition coefficient (Wildman–Crippen LogP) is 4.59. The van der Waals surface area contributed by atoms with Crippen LogP contribution in [0.1, 0.15) is 51.5 Å². The van der Waals surface area contributed by atoms with Crippen molar-refractivity contribution in [3.05, 3.63) is 57.7 Å². The fourth-order valence-corrected chi connectivity index (χ4v) is 7.64. The van der Waals surface area contributed by atoms with E-state index in [4.69, 9.17) is 0 Å². The highest BCUT2D eigenvalue weighted by Crippen LogP contribution is 2.65. The summed E-state index contributed by atoms with van der Waals surface area (Å²) in [5, 5.41) is 22.3. The van der Waals surface area contributed by atoms with E-state index in [1.807, 2.05) is 18.0 Å². The fraction of sp³-hybridized carbons (Fsp3) is 0.577. The van der Waals surface area contributed by atoms with Gasteiger partial charge in [0.25, 0.3) is 5.69 Å². The summed E-state index contributed by atoms with van der Waals surface area (Å²) in [4.78, 5) is 24.8. The van der Waals surface area contributed by atoms with Crippen molar-refractivity contribution in [1.29, 1.82) is 0 Å². The minimum absolute atomic E-state index is 0.0112. The number of nitro benzene ring substituents is 1. The number of carbonyl (C=O) groups is 1. The Labute approximate surface area is 189 Å². The first-order valence-electron chi connectivity index (χ1n) is 11.7. The summed E-state index contributed by atoms with van der Waals surface area (Å²) in [5.74, 6) is 1.56. The monoisotopic (exact) mass is 436 g/mol. The molecule has 7 atom stereocenters. The number of carbonyl (C=O) groups excluding carboxylic acids is 1. The van der Waals surface area contributed by atoms with E-state index in [1.54, 1.807) is 18.2 Å². The Morgan fingerprint density at radius 1 is 1.16 bits per heavy atom. The number of nitrogens with zero attached hydrogens (tertiary/aromatic N) is 2. The van der Waals surface area contributed by atoms with Crippen molar-refractivity contribution >= 4 is 17.7 Å². The van der Waals surface area contributed by atoms with Gasteiger partial charge in [-0.2, -0.15) is 0 Å². The molecule has 6 heteroatoms. The fourth-order valence-electron chi connectivity index (χ4n) is 7.64. The lowest BCUT2D eigenvalue weighted by Crippen LogP contribution is -2.59. The average Bonchev–Trinajstić information content (AvgIpc) is 3.02. The Kier molecular flexibility index (Phi) is 4.86. The summed E-state index contributed by atoms with van der Waals surface area (Å²) >= 11 is 0. The van der Waals surface area contributed by atoms with Crippen molar-refractivity contribution in [2.75, 3.05) is 7.05 Å². The SMILES string of the molecule is CN1C(=O)C=C[C@@]2(C)C1CC[C@@H]1[C@H]2CC[C@]2(C)C(O)C(=Cc3ccc([N+](=O)[O-])cc3)C[C@@H]12. The molecule has 1 heterocycles. The molecule has 4 aliphatic rings. The molecule has 0 spiro atoms. The molecule has 1 aromatic rings. The van der Waals surface area contributed by atoms with Gasteiger partial charge in [0.05, 0.1) is 11.0 Å². The number of benzene rings is 1. The molecule has 32 heavy (non-hydrogen) atoms. The van der Waals surface area contributed by atoms with Crippen molar-refractivity contribution in [3.8, 4) is 0 Å². The van der Waals surface area contributed by atoms with Gasteiger partial charge in [-0.05, 0) is 79.2 Å². The van der Waals surface area contributed by atoms with Crippen LogP contribution in [0.15, 0.2) is 42.0 Å². The summed E-state index contributed by atoms with van der Waals surface area (Å²) in [5.41, 5.74) is 1.87. The molecule has 1 N–H and O–H groups in total. The summed E-state index contributed by atoms with van der Waals surface area (Å²) in [6.07, 6.45) is 10.5. The number of amides is 1. The van der Waals surface area contributed by atoms with E-state index in [0.29, 0.717) is 17.8 Å². The van der Waals surface area contributed by atoms with Gasteiger partial charge in [-0.15, -0.1) is 0 Å². The lowest BCUT2D eigenvalue weighted by atomic mass is 9.48. The molecule has 3 saturated carbocycles. The van der Waals surface area contributed by atoms with E-state index < -0.39 is 11.0 Å². The Hall–Kier alpha value is -2.47. The molecule has 2 unspecified atom stereocenters. The summed E-state index contributed by atoms with van der Waals surface area (Å²) in [7, 11) is 1.94. The van der Waals surface area contributed by atoms with Crippen LogP contribution in [-0.2, 0) is 4.79 Å².